The van der Waals surface area contributed by atoms with Crippen molar-refractivity contribution >= 4 is 6.09 Å². The van der Waals surface area contributed by atoms with E-state index in [1.807, 2.05) is 14.0 Å². The number of nitrogens with zero attached hydrogens (tertiary/aromatic N) is 1. The molecule has 2 rings (SSSR count). The Kier molecular flexibility index (Phi) is 2.66. The molecule has 0 saturated carbocycles. The van der Waals surface area contributed by atoms with Gasteiger partial charge in [0.05, 0.1) is 5.54 Å². The highest BCUT2D eigenvalue weighted by molar-refractivity contribution is 5.70. The molecule has 1 aliphatic rings. The Balaban J connectivity index is 2.00. The van der Waals surface area contributed by atoms with Gasteiger partial charge in [-0.25, -0.2) is 4.79 Å². The molecule has 1 aliphatic heterocycles. The second-order valence-corrected chi connectivity index (χ2v) is 4.82. The molecule has 1 N–H and O–H groups in total. The molecule has 2 heterocycles. The molecule has 0 aromatic carbocycles. The maximum absolute atomic E-state index is 11.0. The van der Waals surface area contributed by atoms with Gasteiger partial charge in [-0.15, -0.1) is 0 Å². The van der Waals surface area contributed by atoms with Gasteiger partial charge in [0, 0.05) is 18.9 Å². The maximum atomic E-state index is 11.0. The minimum atomic E-state index is -0.300. The SMILES string of the molecule is Cc1ccn(C)c1CC[C@]1(C)COC(=O)N1. The molecule has 88 valence electrons. The van der Waals surface area contributed by atoms with E-state index >= 15 is 0 Å². The molecule has 0 radical (unpaired) electrons. The molecule has 1 aromatic heterocycles. The Morgan fingerprint density at radius 3 is 2.88 bits per heavy atom. The molecule has 16 heavy (non-hydrogen) atoms. The average molecular weight is 222 g/mol. The molecule has 1 atom stereocenters. The summed E-state index contributed by atoms with van der Waals surface area (Å²) in [5.41, 5.74) is 2.41. The van der Waals surface area contributed by atoms with E-state index in [0.29, 0.717) is 6.61 Å². The highest BCUT2D eigenvalue weighted by atomic mass is 16.6. The first-order valence-corrected chi connectivity index (χ1v) is 5.56. The highest BCUT2D eigenvalue weighted by Crippen LogP contribution is 2.20. The molecule has 1 fully saturated rings. The van der Waals surface area contributed by atoms with Crippen LogP contribution < -0.4 is 5.32 Å². The van der Waals surface area contributed by atoms with Crippen LogP contribution in [0.1, 0.15) is 24.6 Å². The first kappa shape index (κ1) is 11.0. The van der Waals surface area contributed by atoms with Crippen LogP contribution in [0.5, 0.6) is 0 Å². The van der Waals surface area contributed by atoms with Crippen molar-refractivity contribution in [1.29, 1.82) is 0 Å². The molecular formula is C12H18N2O2. The van der Waals surface area contributed by atoms with Crippen molar-refractivity contribution < 1.29 is 9.53 Å². The minimum Gasteiger partial charge on any atom is -0.447 e. The largest absolute Gasteiger partial charge is 0.447 e. The zero-order chi connectivity index (χ0) is 11.8. The number of cyclic esters (lactones) is 1. The van der Waals surface area contributed by atoms with E-state index in [2.05, 4.69) is 29.1 Å². The molecule has 1 amide bonds. The number of hydrogen-bond acceptors (Lipinski definition) is 2. The van der Waals surface area contributed by atoms with Crippen LogP contribution in [0.15, 0.2) is 12.3 Å². The van der Waals surface area contributed by atoms with Crippen LogP contribution in [0.2, 0.25) is 0 Å². The van der Waals surface area contributed by atoms with Crippen LogP contribution in [0, 0.1) is 6.92 Å². The molecule has 1 saturated heterocycles. The second-order valence-electron chi connectivity index (χ2n) is 4.82. The van der Waals surface area contributed by atoms with Crippen molar-refractivity contribution in [2.45, 2.75) is 32.2 Å². The standard InChI is InChI=1S/C12H18N2O2/c1-9-5-7-14(3)10(9)4-6-12(2)8-16-11(15)13-12/h5,7H,4,6,8H2,1-3H3,(H,13,15)/t12-/m1/s1. The summed E-state index contributed by atoms with van der Waals surface area (Å²) in [4.78, 5) is 11.0. The summed E-state index contributed by atoms with van der Waals surface area (Å²) >= 11 is 0. The summed E-state index contributed by atoms with van der Waals surface area (Å²) in [6.07, 6.45) is 3.62. The predicted molar refractivity (Wildman–Crippen MR) is 61.4 cm³/mol. The van der Waals surface area contributed by atoms with Gasteiger partial charge in [-0.3, -0.25) is 0 Å². The molecular weight excluding hydrogens is 204 g/mol. The number of alkyl carbamates (subject to hydrolysis) is 1. The zero-order valence-corrected chi connectivity index (χ0v) is 10.0. The smallest absolute Gasteiger partial charge is 0.407 e. The van der Waals surface area contributed by atoms with E-state index in [-0.39, 0.29) is 11.6 Å². The lowest BCUT2D eigenvalue weighted by Crippen LogP contribution is -2.40. The number of carbonyl (C=O) groups is 1. The van der Waals surface area contributed by atoms with Crippen LogP contribution in [0.25, 0.3) is 0 Å². The Morgan fingerprint density at radius 2 is 2.38 bits per heavy atom. The summed E-state index contributed by atoms with van der Waals surface area (Å²) in [6, 6.07) is 2.11. The quantitative estimate of drug-likeness (QED) is 0.847. The van der Waals surface area contributed by atoms with Crippen molar-refractivity contribution in [2.75, 3.05) is 6.61 Å². The molecule has 1 aromatic rings. The van der Waals surface area contributed by atoms with E-state index in [4.69, 9.17) is 4.74 Å². The minimum absolute atomic E-state index is 0.214. The number of hydrogen-bond donors (Lipinski definition) is 1. The fourth-order valence-corrected chi connectivity index (χ4v) is 2.13. The van der Waals surface area contributed by atoms with Crippen molar-refractivity contribution in [3.63, 3.8) is 0 Å². The van der Waals surface area contributed by atoms with E-state index in [1.165, 1.54) is 11.3 Å². The summed E-state index contributed by atoms with van der Waals surface area (Å²) in [6.45, 7) is 4.60. The van der Waals surface area contributed by atoms with Crippen LogP contribution in [-0.4, -0.2) is 22.8 Å². The van der Waals surface area contributed by atoms with Gasteiger partial charge < -0.3 is 14.6 Å². The van der Waals surface area contributed by atoms with E-state index in [9.17, 15) is 4.79 Å². The van der Waals surface area contributed by atoms with Gasteiger partial charge in [-0.1, -0.05) is 0 Å². The monoisotopic (exact) mass is 222 g/mol. The lowest BCUT2D eigenvalue weighted by molar-refractivity contribution is 0.172. The van der Waals surface area contributed by atoms with E-state index in [1.54, 1.807) is 0 Å². The number of aromatic nitrogens is 1. The van der Waals surface area contributed by atoms with Crippen LogP contribution >= 0.6 is 0 Å². The summed E-state index contributed by atoms with van der Waals surface area (Å²) in [5.74, 6) is 0. The van der Waals surface area contributed by atoms with Crippen molar-refractivity contribution in [2.24, 2.45) is 7.05 Å². The third-order valence-corrected chi connectivity index (χ3v) is 3.27. The van der Waals surface area contributed by atoms with Crippen LogP contribution in [0.3, 0.4) is 0 Å². The first-order chi connectivity index (χ1) is 7.50. The lowest BCUT2D eigenvalue weighted by Gasteiger charge is -2.21. The van der Waals surface area contributed by atoms with Gasteiger partial charge in [0.1, 0.15) is 6.61 Å². The molecule has 0 bridgehead atoms. The number of aryl methyl sites for hydroxylation is 2. The third-order valence-electron chi connectivity index (χ3n) is 3.27. The highest BCUT2D eigenvalue weighted by Gasteiger charge is 2.34. The van der Waals surface area contributed by atoms with Gasteiger partial charge in [0.2, 0.25) is 0 Å². The summed E-state index contributed by atoms with van der Waals surface area (Å²) < 4.78 is 7.08. The van der Waals surface area contributed by atoms with Crippen molar-refractivity contribution in [3.8, 4) is 0 Å². The molecule has 0 unspecified atom stereocenters. The number of rotatable bonds is 3. The number of ether oxygens (including phenoxy) is 1. The zero-order valence-electron chi connectivity index (χ0n) is 10.0. The van der Waals surface area contributed by atoms with E-state index < -0.39 is 0 Å². The summed E-state index contributed by atoms with van der Waals surface area (Å²) in [5, 5.41) is 2.86. The fourth-order valence-electron chi connectivity index (χ4n) is 2.13. The van der Waals surface area contributed by atoms with Crippen LogP contribution in [0.4, 0.5) is 4.79 Å². The number of amides is 1. The second kappa shape index (κ2) is 3.85. The van der Waals surface area contributed by atoms with Crippen molar-refractivity contribution in [3.05, 3.63) is 23.5 Å². The number of nitrogens with one attached hydrogen (secondary N) is 1. The van der Waals surface area contributed by atoms with Crippen molar-refractivity contribution in [1.82, 2.24) is 9.88 Å². The summed E-state index contributed by atoms with van der Waals surface area (Å²) in [7, 11) is 2.05. The Labute approximate surface area is 95.6 Å². The van der Waals surface area contributed by atoms with Gasteiger partial charge in [-0.2, -0.15) is 0 Å². The predicted octanol–water partition coefficient (Wildman–Crippen LogP) is 1.76. The normalized spacial score (nSPS) is 24.3. The van der Waals surface area contributed by atoms with Gasteiger partial charge >= 0.3 is 6.09 Å². The fraction of sp³-hybridized carbons (Fsp3) is 0.583. The Morgan fingerprint density at radius 1 is 1.62 bits per heavy atom. The topological polar surface area (TPSA) is 43.3 Å². The molecule has 4 nitrogen and oxygen atoms in total. The third kappa shape index (κ3) is 2.05. The molecule has 0 spiro atoms. The van der Waals surface area contributed by atoms with Gasteiger partial charge in [0.25, 0.3) is 0 Å². The van der Waals surface area contributed by atoms with E-state index in [0.717, 1.165) is 12.8 Å². The Hall–Kier alpha value is -1.45. The van der Waals surface area contributed by atoms with Gasteiger partial charge in [0.15, 0.2) is 0 Å². The van der Waals surface area contributed by atoms with Crippen LogP contribution in [-0.2, 0) is 18.2 Å². The number of carbonyl (C=O) groups excluding carboxylic acids is 1. The first-order valence-electron chi connectivity index (χ1n) is 5.56. The van der Waals surface area contributed by atoms with Gasteiger partial charge in [-0.05, 0) is 38.3 Å². The lowest BCUT2D eigenvalue weighted by atomic mass is 9.96. The molecule has 0 aliphatic carbocycles. The Bertz CT molecular complexity index is 392. The average Bonchev–Trinajstić information content (AvgIpc) is 2.70. The molecule has 4 heteroatoms. The maximum Gasteiger partial charge on any atom is 0.407 e.